The normalized spacial score (nSPS) is 12.2. The molecule has 0 saturated carbocycles. The summed E-state index contributed by atoms with van der Waals surface area (Å²) in [4.78, 5) is 11.2. The SMILES string of the molecule is CC(C)C(NCc1cccc(OCc2cccc(Cl)c2)c1)C(=O)O. The van der Waals surface area contributed by atoms with Gasteiger partial charge in [0, 0.05) is 11.6 Å². The average Bonchev–Trinajstić information content (AvgIpc) is 2.53. The third-order valence-electron chi connectivity index (χ3n) is 3.65. The summed E-state index contributed by atoms with van der Waals surface area (Å²) < 4.78 is 5.79. The summed E-state index contributed by atoms with van der Waals surface area (Å²) in [7, 11) is 0. The van der Waals surface area contributed by atoms with Crippen LogP contribution in [0.1, 0.15) is 25.0 Å². The highest BCUT2D eigenvalue weighted by molar-refractivity contribution is 6.30. The number of halogens is 1. The second-order valence-electron chi connectivity index (χ2n) is 6.01. The number of carboxylic acid groups (broad SMARTS) is 1. The molecule has 0 aliphatic heterocycles. The van der Waals surface area contributed by atoms with Gasteiger partial charge in [-0.05, 0) is 41.3 Å². The number of nitrogens with one attached hydrogen (secondary N) is 1. The van der Waals surface area contributed by atoms with Gasteiger partial charge in [0.25, 0.3) is 0 Å². The van der Waals surface area contributed by atoms with Gasteiger partial charge in [0.15, 0.2) is 0 Å². The van der Waals surface area contributed by atoms with Gasteiger partial charge in [0.1, 0.15) is 18.4 Å². The minimum Gasteiger partial charge on any atom is -0.489 e. The highest BCUT2D eigenvalue weighted by atomic mass is 35.5. The van der Waals surface area contributed by atoms with Gasteiger partial charge in [-0.15, -0.1) is 0 Å². The third kappa shape index (κ3) is 5.55. The Bertz CT molecular complexity index is 688. The van der Waals surface area contributed by atoms with E-state index >= 15 is 0 Å². The first-order valence-electron chi connectivity index (χ1n) is 7.88. The summed E-state index contributed by atoms with van der Waals surface area (Å²) in [6, 6.07) is 14.6. The number of benzene rings is 2. The fraction of sp³-hybridized carbons (Fsp3) is 0.316. The molecule has 0 aliphatic rings. The molecule has 1 unspecified atom stereocenters. The van der Waals surface area contributed by atoms with Crippen molar-refractivity contribution in [3.63, 3.8) is 0 Å². The fourth-order valence-electron chi connectivity index (χ4n) is 2.37. The van der Waals surface area contributed by atoms with Crippen LogP contribution in [0.2, 0.25) is 5.02 Å². The van der Waals surface area contributed by atoms with Gasteiger partial charge in [-0.3, -0.25) is 4.79 Å². The lowest BCUT2D eigenvalue weighted by Gasteiger charge is -2.18. The maximum atomic E-state index is 11.2. The standard InChI is InChI=1S/C19H22ClNO3/c1-13(2)18(19(22)23)21-11-14-5-4-8-17(10-14)24-12-15-6-3-7-16(20)9-15/h3-10,13,18,21H,11-12H2,1-2H3,(H,22,23). The summed E-state index contributed by atoms with van der Waals surface area (Å²) in [5.74, 6) is -0.0752. The molecule has 0 aromatic heterocycles. The number of hydrogen-bond donors (Lipinski definition) is 2. The van der Waals surface area contributed by atoms with Gasteiger partial charge >= 0.3 is 5.97 Å². The monoisotopic (exact) mass is 347 g/mol. The van der Waals surface area contributed by atoms with E-state index in [4.69, 9.17) is 16.3 Å². The van der Waals surface area contributed by atoms with Crippen LogP contribution in [-0.4, -0.2) is 17.1 Å². The van der Waals surface area contributed by atoms with E-state index in [-0.39, 0.29) is 5.92 Å². The molecule has 4 nitrogen and oxygen atoms in total. The van der Waals surface area contributed by atoms with Crippen molar-refractivity contribution in [3.05, 3.63) is 64.7 Å². The lowest BCUT2D eigenvalue weighted by Crippen LogP contribution is -2.40. The van der Waals surface area contributed by atoms with E-state index in [1.807, 2.05) is 62.4 Å². The van der Waals surface area contributed by atoms with E-state index in [1.54, 1.807) is 0 Å². The first-order chi connectivity index (χ1) is 11.5. The number of hydrogen-bond acceptors (Lipinski definition) is 3. The Morgan fingerprint density at radius 3 is 2.54 bits per heavy atom. The van der Waals surface area contributed by atoms with Crippen molar-refractivity contribution >= 4 is 17.6 Å². The van der Waals surface area contributed by atoms with Gasteiger partial charge < -0.3 is 15.2 Å². The van der Waals surface area contributed by atoms with Crippen molar-refractivity contribution in [1.82, 2.24) is 5.32 Å². The van der Waals surface area contributed by atoms with Crippen LogP contribution in [0.4, 0.5) is 0 Å². The van der Waals surface area contributed by atoms with Crippen LogP contribution >= 0.6 is 11.6 Å². The molecular weight excluding hydrogens is 326 g/mol. The van der Waals surface area contributed by atoms with Crippen LogP contribution in [-0.2, 0) is 17.9 Å². The summed E-state index contributed by atoms with van der Waals surface area (Å²) in [6.07, 6.45) is 0. The van der Waals surface area contributed by atoms with Gasteiger partial charge in [-0.25, -0.2) is 0 Å². The van der Waals surface area contributed by atoms with E-state index in [2.05, 4.69) is 5.32 Å². The zero-order valence-corrected chi connectivity index (χ0v) is 14.6. The maximum Gasteiger partial charge on any atom is 0.320 e. The predicted octanol–water partition coefficient (Wildman–Crippen LogP) is 4.12. The minimum atomic E-state index is -0.835. The number of aliphatic carboxylic acids is 1. The highest BCUT2D eigenvalue weighted by Crippen LogP contribution is 2.17. The topological polar surface area (TPSA) is 58.6 Å². The molecule has 24 heavy (non-hydrogen) atoms. The third-order valence-corrected chi connectivity index (χ3v) is 3.89. The van der Waals surface area contributed by atoms with Crippen molar-refractivity contribution in [1.29, 1.82) is 0 Å². The van der Waals surface area contributed by atoms with E-state index in [0.29, 0.717) is 18.2 Å². The van der Waals surface area contributed by atoms with Crippen molar-refractivity contribution in [3.8, 4) is 5.75 Å². The van der Waals surface area contributed by atoms with Crippen molar-refractivity contribution in [2.75, 3.05) is 0 Å². The Morgan fingerprint density at radius 1 is 1.17 bits per heavy atom. The number of ether oxygens (including phenoxy) is 1. The van der Waals surface area contributed by atoms with Crippen LogP contribution in [0.15, 0.2) is 48.5 Å². The van der Waals surface area contributed by atoms with E-state index in [0.717, 1.165) is 16.9 Å². The number of rotatable bonds is 8. The molecule has 5 heteroatoms. The van der Waals surface area contributed by atoms with Gasteiger partial charge in [0.2, 0.25) is 0 Å². The molecule has 2 aromatic carbocycles. The van der Waals surface area contributed by atoms with Crippen molar-refractivity contribution in [2.24, 2.45) is 5.92 Å². The molecule has 2 rings (SSSR count). The van der Waals surface area contributed by atoms with Gasteiger partial charge in [-0.2, -0.15) is 0 Å². The first kappa shape index (κ1) is 18.3. The average molecular weight is 348 g/mol. The molecule has 1 atom stereocenters. The molecule has 2 N–H and O–H groups in total. The summed E-state index contributed by atoms with van der Waals surface area (Å²) in [6.45, 7) is 4.68. The minimum absolute atomic E-state index is 0.0183. The van der Waals surface area contributed by atoms with Crippen molar-refractivity contribution < 1.29 is 14.6 Å². The van der Waals surface area contributed by atoms with E-state index < -0.39 is 12.0 Å². The van der Waals surface area contributed by atoms with Crippen LogP contribution < -0.4 is 10.1 Å². The van der Waals surface area contributed by atoms with Crippen LogP contribution in [0, 0.1) is 5.92 Å². The van der Waals surface area contributed by atoms with Gasteiger partial charge in [-0.1, -0.05) is 49.7 Å². The molecule has 0 radical (unpaired) electrons. The number of carbonyl (C=O) groups is 1. The Morgan fingerprint density at radius 2 is 1.88 bits per heavy atom. The maximum absolute atomic E-state index is 11.2. The Balaban J connectivity index is 1.94. The second-order valence-corrected chi connectivity index (χ2v) is 6.44. The molecule has 0 fully saturated rings. The lowest BCUT2D eigenvalue weighted by molar-refractivity contribution is -0.140. The van der Waals surface area contributed by atoms with Crippen molar-refractivity contribution in [2.45, 2.75) is 33.0 Å². The molecule has 0 saturated heterocycles. The summed E-state index contributed by atoms with van der Waals surface area (Å²) >= 11 is 5.96. The molecular formula is C19H22ClNO3. The van der Waals surface area contributed by atoms with Crippen LogP contribution in [0.3, 0.4) is 0 Å². The lowest BCUT2D eigenvalue weighted by atomic mass is 10.0. The molecule has 0 spiro atoms. The largest absolute Gasteiger partial charge is 0.489 e. The van der Waals surface area contributed by atoms with Gasteiger partial charge in [0.05, 0.1) is 0 Å². The van der Waals surface area contributed by atoms with Crippen LogP contribution in [0.5, 0.6) is 5.75 Å². The number of carboxylic acids is 1. The Kier molecular flexibility index (Phi) is 6.64. The molecule has 128 valence electrons. The first-order valence-corrected chi connectivity index (χ1v) is 8.26. The van der Waals surface area contributed by atoms with E-state index in [9.17, 15) is 9.90 Å². The zero-order chi connectivity index (χ0) is 17.5. The quantitative estimate of drug-likeness (QED) is 0.754. The highest BCUT2D eigenvalue weighted by Gasteiger charge is 2.20. The molecule has 0 heterocycles. The Labute approximate surface area is 147 Å². The van der Waals surface area contributed by atoms with E-state index in [1.165, 1.54) is 0 Å². The summed E-state index contributed by atoms with van der Waals surface area (Å²) in [5, 5.41) is 13.0. The second kappa shape index (κ2) is 8.71. The fourth-order valence-corrected chi connectivity index (χ4v) is 2.59. The smallest absolute Gasteiger partial charge is 0.320 e. The molecule has 0 bridgehead atoms. The predicted molar refractivity (Wildman–Crippen MR) is 95.3 cm³/mol. The Hall–Kier alpha value is -2.04. The molecule has 2 aromatic rings. The van der Waals surface area contributed by atoms with Crippen LogP contribution in [0.25, 0.3) is 0 Å². The molecule has 0 aliphatic carbocycles. The zero-order valence-electron chi connectivity index (χ0n) is 13.8. The molecule has 0 amide bonds. The summed E-state index contributed by atoms with van der Waals surface area (Å²) in [5.41, 5.74) is 1.97.